The van der Waals surface area contributed by atoms with Gasteiger partial charge in [-0.25, -0.2) is 13.6 Å². The molecule has 144 valence electrons. The molecule has 27 heavy (non-hydrogen) atoms. The van der Waals surface area contributed by atoms with Crippen LogP contribution in [0.5, 0.6) is 0 Å². The van der Waals surface area contributed by atoms with E-state index in [1.165, 1.54) is 18.9 Å². The SMILES string of the molecule is O=C(Nc1ccc(F)c(F)c1)N1CCC(c2nnc3n2CCCCC3)CC1. The lowest BCUT2D eigenvalue weighted by atomic mass is 9.96. The molecule has 0 saturated carbocycles. The number of amides is 2. The van der Waals surface area contributed by atoms with Gasteiger partial charge in [-0.2, -0.15) is 0 Å². The van der Waals surface area contributed by atoms with Crippen LogP contribution < -0.4 is 5.32 Å². The van der Waals surface area contributed by atoms with Gasteiger partial charge in [0.1, 0.15) is 11.6 Å². The van der Waals surface area contributed by atoms with E-state index in [0.29, 0.717) is 19.0 Å². The molecule has 0 bridgehead atoms. The number of benzene rings is 1. The van der Waals surface area contributed by atoms with Crippen LogP contribution in [0.15, 0.2) is 18.2 Å². The summed E-state index contributed by atoms with van der Waals surface area (Å²) in [4.78, 5) is 14.1. The van der Waals surface area contributed by atoms with Crippen LogP contribution >= 0.6 is 0 Å². The third kappa shape index (κ3) is 3.79. The first-order chi connectivity index (χ1) is 13.1. The maximum atomic E-state index is 13.3. The van der Waals surface area contributed by atoms with Gasteiger partial charge in [0.25, 0.3) is 0 Å². The summed E-state index contributed by atoms with van der Waals surface area (Å²) in [5.74, 6) is 0.533. The van der Waals surface area contributed by atoms with E-state index in [1.807, 2.05) is 0 Å². The molecule has 1 saturated heterocycles. The third-order valence-electron chi connectivity index (χ3n) is 5.46. The lowest BCUT2D eigenvalue weighted by molar-refractivity contribution is 0.193. The molecule has 3 heterocycles. The highest BCUT2D eigenvalue weighted by Crippen LogP contribution is 2.29. The summed E-state index contributed by atoms with van der Waals surface area (Å²) in [5.41, 5.74) is 0.254. The molecule has 4 rings (SSSR count). The lowest BCUT2D eigenvalue weighted by Crippen LogP contribution is -2.41. The van der Waals surface area contributed by atoms with Crippen molar-refractivity contribution in [1.29, 1.82) is 0 Å². The Morgan fingerprint density at radius 3 is 2.63 bits per heavy atom. The molecular formula is C19H23F2N5O. The summed E-state index contributed by atoms with van der Waals surface area (Å²) in [6.45, 7) is 2.18. The quantitative estimate of drug-likeness (QED) is 0.871. The van der Waals surface area contributed by atoms with Gasteiger partial charge in [0.2, 0.25) is 0 Å². The number of nitrogens with zero attached hydrogens (tertiary/aromatic N) is 4. The molecule has 8 heteroatoms. The molecule has 0 aliphatic carbocycles. The molecule has 0 atom stereocenters. The summed E-state index contributed by atoms with van der Waals surface area (Å²) in [6, 6.07) is 3.06. The maximum Gasteiger partial charge on any atom is 0.321 e. The predicted octanol–water partition coefficient (Wildman–Crippen LogP) is 3.69. The van der Waals surface area contributed by atoms with Crippen molar-refractivity contribution in [2.24, 2.45) is 0 Å². The molecule has 2 aromatic rings. The molecule has 0 radical (unpaired) electrons. The number of carbonyl (C=O) groups is 1. The minimum absolute atomic E-state index is 0.254. The predicted molar refractivity (Wildman–Crippen MR) is 96.5 cm³/mol. The molecule has 1 N–H and O–H groups in total. The van der Waals surface area contributed by atoms with Gasteiger partial charge in [-0.1, -0.05) is 6.42 Å². The van der Waals surface area contributed by atoms with Crippen LogP contribution in [0.3, 0.4) is 0 Å². The third-order valence-corrected chi connectivity index (χ3v) is 5.46. The Morgan fingerprint density at radius 1 is 1.04 bits per heavy atom. The summed E-state index contributed by atoms with van der Waals surface area (Å²) in [7, 11) is 0. The van der Waals surface area contributed by atoms with Crippen LogP contribution in [0.4, 0.5) is 19.3 Å². The number of halogens is 2. The van der Waals surface area contributed by atoms with E-state index in [4.69, 9.17) is 0 Å². The molecule has 2 amide bonds. The van der Waals surface area contributed by atoms with Crippen LogP contribution in [0.1, 0.15) is 49.7 Å². The van der Waals surface area contributed by atoms with Gasteiger partial charge in [-0.15, -0.1) is 10.2 Å². The van der Waals surface area contributed by atoms with E-state index in [9.17, 15) is 13.6 Å². The topological polar surface area (TPSA) is 63.1 Å². The van der Waals surface area contributed by atoms with Crippen LogP contribution in [0, 0.1) is 11.6 Å². The monoisotopic (exact) mass is 375 g/mol. The zero-order chi connectivity index (χ0) is 18.8. The van der Waals surface area contributed by atoms with Crippen molar-refractivity contribution in [1.82, 2.24) is 19.7 Å². The van der Waals surface area contributed by atoms with Crippen molar-refractivity contribution in [2.45, 2.75) is 51.0 Å². The molecule has 0 unspecified atom stereocenters. The fourth-order valence-electron chi connectivity index (χ4n) is 3.93. The average molecular weight is 375 g/mol. The number of hydrogen-bond acceptors (Lipinski definition) is 3. The first-order valence-corrected chi connectivity index (χ1v) is 9.55. The summed E-state index contributed by atoms with van der Waals surface area (Å²) < 4.78 is 28.6. The second kappa shape index (κ2) is 7.62. The van der Waals surface area contributed by atoms with E-state index in [-0.39, 0.29) is 11.7 Å². The van der Waals surface area contributed by atoms with Crippen LogP contribution in [0.2, 0.25) is 0 Å². The van der Waals surface area contributed by atoms with Crippen molar-refractivity contribution < 1.29 is 13.6 Å². The largest absolute Gasteiger partial charge is 0.324 e. The number of hydrogen-bond donors (Lipinski definition) is 1. The van der Waals surface area contributed by atoms with E-state index >= 15 is 0 Å². The zero-order valence-electron chi connectivity index (χ0n) is 15.1. The van der Waals surface area contributed by atoms with Gasteiger partial charge in [0.05, 0.1) is 0 Å². The first-order valence-electron chi connectivity index (χ1n) is 9.55. The van der Waals surface area contributed by atoms with Crippen LogP contribution in [-0.2, 0) is 13.0 Å². The minimum atomic E-state index is -0.973. The highest BCUT2D eigenvalue weighted by Gasteiger charge is 2.28. The number of anilines is 1. The number of rotatable bonds is 2. The fraction of sp³-hybridized carbons (Fsp3) is 0.526. The van der Waals surface area contributed by atoms with E-state index in [2.05, 4.69) is 20.1 Å². The van der Waals surface area contributed by atoms with Crippen molar-refractivity contribution in [3.63, 3.8) is 0 Å². The van der Waals surface area contributed by atoms with Crippen molar-refractivity contribution >= 4 is 11.7 Å². The van der Waals surface area contributed by atoms with Crippen molar-refractivity contribution in [2.75, 3.05) is 18.4 Å². The number of nitrogens with one attached hydrogen (secondary N) is 1. The zero-order valence-corrected chi connectivity index (χ0v) is 15.1. The number of likely N-dealkylation sites (tertiary alicyclic amines) is 1. The molecule has 2 aliphatic heterocycles. The highest BCUT2D eigenvalue weighted by atomic mass is 19.2. The Labute approximate surface area is 156 Å². The number of fused-ring (bicyclic) bond motifs is 1. The molecule has 1 aromatic carbocycles. The molecule has 2 aliphatic rings. The molecule has 6 nitrogen and oxygen atoms in total. The van der Waals surface area contributed by atoms with Gasteiger partial charge >= 0.3 is 6.03 Å². The Bertz CT molecular complexity index is 830. The Balaban J connectivity index is 1.37. The molecule has 0 spiro atoms. The first kappa shape index (κ1) is 17.9. The van der Waals surface area contributed by atoms with Gasteiger partial charge < -0.3 is 14.8 Å². The van der Waals surface area contributed by atoms with Crippen molar-refractivity contribution in [3.8, 4) is 0 Å². The molecular weight excluding hydrogens is 352 g/mol. The minimum Gasteiger partial charge on any atom is -0.324 e. The molecule has 1 aromatic heterocycles. The second-order valence-electron chi connectivity index (χ2n) is 7.26. The van der Waals surface area contributed by atoms with Gasteiger partial charge in [-0.3, -0.25) is 0 Å². The van der Waals surface area contributed by atoms with Gasteiger partial charge in [0.15, 0.2) is 11.6 Å². The van der Waals surface area contributed by atoms with Gasteiger partial charge in [0, 0.05) is 43.7 Å². The number of carbonyl (C=O) groups excluding carboxylic acids is 1. The van der Waals surface area contributed by atoms with Crippen LogP contribution in [-0.4, -0.2) is 38.8 Å². The summed E-state index contributed by atoms with van der Waals surface area (Å²) in [6.07, 6.45) is 6.19. The fourth-order valence-corrected chi connectivity index (χ4v) is 3.93. The Morgan fingerprint density at radius 2 is 1.85 bits per heavy atom. The van der Waals surface area contributed by atoms with E-state index < -0.39 is 11.6 Å². The number of urea groups is 1. The highest BCUT2D eigenvalue weighted by molar-refractivity contribution is 5.89. The van der Waals surface area contributed by atoms with E-state index in [0.717, 1.165) is 56.0 Å². The maximum absolute atomic E-state index is 13.3. The number of aromatic nitrogens is 3. The lowest BCUT2D eigenvalue weighted by Gasteiger charge is -2.31. The summed E-state index contributed by atoms with van der Waals surface area (Å²) >= 11 is 0. The Kier molecular flexibility index (Phi) is 5.05. The standard InChI is InChI=1S/C19H23F2N5O/c20-15-6-5-14(12-16(15)21)22-19(27)25-10-7-13(8-11-25)18-24-23-17-4-2-1-3-9-26(17)18/h5-6,12-13H,1-4,7-11H2,(H,22,27). The van der Waals surface area contributed by atoms with E-state index in [1.54, 1.807) is 4.90 Å². The summed E-state index contributed by atoms with van der Waals surface area (Å²) in [5, 5.41) is 11.4. The van der Waals surface area contributed by atoms with Gasteiger partial charge in [-0.05, 0) is 37.8 Å². The Hall–Kier alpha value is -2.51. The molecule has 1 fully saturated rings. The average Bonchev–Trinajstić information content (AvgIpc) is 2.93. The van der Waals surface area contributed by atoms with Crippen molar-refractivity contribution in [3.05, 3.63) is 41.5 Å². The smallest absolute Gasteiger partial charge is 0.321 e. The van der Waals surface area contributed by atoms with Crippen LogP contribution in [0.25, 0.3) is 0 Å². The second-order valence-corrected chi connectivity index (χ2v) is 7.26. The number of piperidine rings is 1. The number of aryl methyl sites for hydroxylation is 1. The normalized spacial score (nSPS) is 18.1.